The minimum Gasteiger partial charge on any atom is -0.325 e. The lowest BCUT2D eigenvalue weighted by Gasteiger charge is -2.14. The summed E-state index contributed by atoms with van der Waals surface area (Å²) in [5.41, 5.74) is 4.27. The van der Waals surface area contributed by atoms with E-state index in [0.717, 1.165) is 57.2 Å². The number of benzene rings is 2. The van der Waals surface area contributed by atoms with Crippen LogP contribution in [0.2, 0.25) is 0 Å². The van der Waals surface area contributed by atoms with Gasteiger partial charge in [-0.25, -0.2) is 0 Å². The van der Waals surface area contributed by atoms with Gasteiger partial charge < -0.3 is 9.88 Å². The number of para-hydroxylation sites is 1. The van der Waals surface area contributed by atoms with E-state index in [4.69, 9.17) is 0 Å². The van der Waals surface area contributed by atoms with Crippen LogP contribution in [0.1, 0.15) is 31.9 Å². The molecule has 3 rings (SSSR count). The molecule has 0 aliphatic rings. The predicted molar refractivity (Wildman–Crippen MR) is 123 cm³/mol. The number of aryl methyl sites for hydroxylation is 2. The molecule has 7 heteroatoms. The first-order chi connectivity index (χ1) is 14.1. The summed E-state index contributed by atoms with van der Waals surface area (Å²) in [5, 5.41) is 12.5. The van der Waals surface area contributed by atoms with E-state index in [1.54, 1.807) is 0 Å². The Morgan fingerprint density at radius 2 is 1.72 bits per heavy atom. The van der Waals surface area contributed by atoms with Gasteiger partial charge in [-0.1, -0.05) is 77.9 Å². The van der Waals surface area contributed by atoms with Crippen LogP contribution in [0.3, 0.4) is 0 Å². The van der Waals surface area contributed by atoms with Crippen molar-refractivity contribution in [3.63, 3.8) is 0 Å². The van der Waals surface area contributed by atoms with E-state index in [0.29, 0.717) is 0 Å². The summed E-state index contributed by atoms with van der Waals surface area (Å²) < 4.78 is 3.01. The van der Waals surface area contributed by atoms with E-state index in [-0.39, 0.29) is 11.7 Å². The molecule has 0 aliphatic heterocycles. The summed E-state index contributed by atoms with van der Waals surface area (Å²) in [7, 11) is 0. The van der Waals surface area contributed by atoms with E-state index < -0.39 is 0 Å². The van der Waals surface area contributed by atoms with Crippen LogP contribution in [0, 0.1) is 0 Å². The molecule has 1 amide bonds. The first-order valence-corrected chi connectivity index (χ1v) is 11.6. The van der Waals surface area contributed by atoms with Gasteiger partial charge in [0.25, 0.3) is 0 Å². The monoisotopic (exact) mass is 472 g/mol. The first-order valence-electron chi connectivity index (χ1n) is 9.80. The number of halogens is 1. The van der Waals surface area contributed by atoms with Gasteiger partial charge in [0.2, 0.25) is 5.91 Å². The molecule has 0 radical (unpaired) electrons. The fraction of sp³-hybridized carbons (Fsp3) is 0.318. The molecule has 1 aromatic heterocycles. The molecule has 0 saturated carbocycles. The highest BCUT2D eigenvalue weighted by Crippen LogP contribution is 2.30. The van der Waals surface area contributed by atoms with Crippen LogP contribution in [0.4, 0.5) is 5.69 Å². The third-order valence-electron chi connectivity index (χ3n) is 4.74. The van der Waals surface area contributed by atoms with Gasteiger partial charge in [-0.2, -0.15) is 0 Å². The maximum Gasteiger partial charge on any atom is 0.234 e. The Hall–Kier alpha value is -2.12. The number of nitrogens with one attached hydrogen (secondary N) is 1. The van der Waals surface area contributed by atoms with Crippen molar-refractivity contribution in [1.29, 1.82) is 0 Å². The quantitative estimate of drug-likeness (QED) is 0.434. The number of aromatic nitrogens is 3. The normalized spacial score (nSPS) is 10.9. The number of anilines is 1. The van der Waals surface area contributed by atoms with E-state index in [1.165, 1.54) is 11.8 Å². The molecule has 1 heterocycles. The van der Waals surface area contributed by atoms with Crippen LogP contribution >= 0.6 is 27.7 Å². The second kappa shape index (κ2) is 10.1. The Labute approximate surface area is 184 Å². The molecule has 2 aromatic carbocycles. The van der Waals surface area contributed by atoms with Crippen molar-refractivity contribution in [1.82, 2.24) is 14.8 Å². The van der Waals surface area contributed by atoms with Crippen molar-refractivity contribution in [3.8, 4) is 11.4 Å². The lowest BCUT2D eigenvalue weighted by molar-refractivity contribution is -0.113. The number of amides is 1. The van der Waals surface area contributed by atoms with Crippen LogP contribution < -0.4 is 5.32 Å². The highest BCUT2D eigenvalue weighted by atomic mass is 79.9. The smallest absolute Gasteiger partial charge is 0.234 e. The molecule has 0 aliphatic carbocycles. The maximum atomic E-state index is 12.7. The van der Waals surface area contributed by atoms with Crippen molar-refractivity contribution in [2.24, 2.45) is 0 Å². The number of nitrogens with zero attached hydrogens (tertiary/aromatic N) is 3. The van der Waals surface area contributed by atoms with Crippen molar-refractivity contribution in [3.05, 3.63) is 58.1 Å². The van der Waals surface area contributed by atoms with Crippen LogP contribution in [-0.2, 0) is 24.2 Å². The lowest BCUT2D eigenvalue weighted by atomic mass is 10.0. The number of hydrogen-bond acceptors (Lipinski definition) is 4. The van der Waals surface area contributed by atoms with Gasteiger partial charge in [-0.3, -0.25) is 4.79 Å². The molecule has 1 N–H and O–H groups in total. The molecular weight excluding hydrogens is 448 g/mol. The first kappa shape index (κ1) is 21.6. The lowest BCUT2D eigenvalue weighted by Crippen LogP contribution is -2.17. The topological polar surface area (TPSA) is 59.8 Å². The Balaban J connectivity index is 1.74. The Bertz CT molecular complexity index is 980. The summed E-state index contributed by atoms with van der Waals surface area (Å²) in [4.78, 5) is 12.7. The van der Waals surface area contributed by atoms with Crippen LogP contribution in [-0.4, -0.2) is 26.4 Å². The summed E-state index contributed by atoms with van der Waals surface area (Å²) in [6, 6.07) is 14.1. The molecule has 0 fully saturated rings. The SMILES string of the molecule is CCc1cccc(CC)c1NC(=O)CSc1nnc(-c2ccccc2Br)n1CC. The molecule has 29 heavy (non-hydrogen) atoms. The Morgan fingerprint density at radius 3 is 2.34 bits per heavy atom. The third kappa shape index (κ3) is 4.90. The number of rotatable bonds is 8. The number of carbonyl (C=O) groups excluding carboxylic acids is 1. The van der Waals surface area contributed by atoms with Crippen molar-refractivity contribution >= 4 is 39.3 Å². The van der Waals surface area contributed by atoms with Gasteiger partial charge in [0.05, 0.1) is 5.75 Å². The van der Waals surface area contributed by atoms with Crippen molar-refractivity contribution in [2.45, 2.75) is 45.3 Å². The Kier molecular flexibility index (Phi) is 7.50. The van der Waals surface area contributed by atoms with Gasteiger partial charge in [-0.15, -0.1) is 10.2 Å². The highest BCUT2D eigenvalue weighted by molar-refractivity contribution is 9.10. The maximum absolute atomic E-state index is 12.7. The van der Waals surface area contributed by atoms with E-state index >= 15 is 0 Å². The van der Waals surface area contributed by atoms with Gasteiger partial charge in [0, 0.05) is 22.3 Å². The van der Waals surface area contributed by atoms with E-state index in [9.17, 15) is 4.79 Å². The van der Waals surface area contributed by atoms with Crippen LogP contribution in [0.25, 0.3) is 11.4 Å². The van der Waals surface area contributed by atoms with Crippen LogP contribution in [0.5, 0.6) is 0 Å². The van der Waals surface area contributed by atoms with Crippen molar-refractivity contribution in [2.75, 3.05) is 11.1 Å². The molecule has 0 spiro atoms. The van der Waals surface area contributed by atoms with E-state index in [1.807, 2.05) is 28.8 Å². The van der Waals surface area contributed by atoms with E-state index in [2.05, 4.69) is 70.4 Å². The molecule has 0 atom stereocenters. The fourth-order valence-electron chi connectivity index (χ4n) is 3.23. The average Bonchev–Trinajstić information content (AvgIpc) is 3.15. The van der Waals surface area contributed by atoms with Gasteiger partial charge in [0.1, 0.15) is 0 Å². The molecule has 152 valence electrons. The largest absolute Gasteiger partial charge is 0.325 e. The zero-order valence-electron chi connectivity index (χ0n) is 16.9. The summed E-state index contributed by atoms with van der Waals surface area (Å²) in [5.74, 6) is 1.06. The molecule has 3 aromatic rings. The minimum absolute atomic E-state index is 0.0290. The van der Waals surface area contributed by atoms with Crippen LogP contribution in [0.15, 0.2) is 52.1 Å². The second-order valence-electron chi connectivity index (χ2n) is 6.53. The zero-order chi connectivity index (χ0) is 20.8. The zero-order valence-corrected chi connectivity index (χ0v) is 19.3. The average molecular weight is 473 g/mol. The molecular formula is C22H25BrN4OS. The number of thioether (sulfide) groups is 1. The highest BCUT2D eigenvalue weighted by Gasteiger charge is 2.17. The van der Waals surface area contributed by atoms with Gasteiger partial charge in [0.15, 0.2) is 11.0 Å². The van der Waals surface area contributed by atoms with Gasteiger partial charge >= 0.3 is 0 Å². The van der Waals surface area contributed by atoms with Crippen molar-refractivity contribution < 1.29 is 4.79 Å². The molecule has 0 saturated heterocycles. The summed E-state index contributed by atoms with van der Waals surface area (Å²) in [6.07, 6.45) is 1.77. The minimum atomic E-state index is -0.0290. The molecule has 0 unspecified atom stereocenters. The number of hydrogen-bond donors (Lipinski definition) is 1. The molecule has 0 bridgehead atoms. The fourth-order valence-corrected chi connectivity index (χ4v) is 4.50. The molecule has 5 nitrogen and oxygen atoms in total. The second-order valence-corrected chi connectivity index (χ2v) is 8.32. The van der Waals surface area contributed by atoms with Gasteiger partial charge in [-0.05, 0) is 37.0 Å². The summed E-state index contributed by atoms with van der Waals surface area (Å²) in [6.45, 7) is 6.99. The Morgan fingerprint density at radius 1 is 1.03 bits per heavy atom. The predicted octanol–water partition coefficient (Wildman–Crippen LogP) is 5.58. The standard InChI is InChI=1S/C22H25BrN4OS/c1-4-15-10-9-11-16(5-2)20(15)24-19(28)14-29-22-26-25-21(27(22)6-3)17-12-7-8-13-18(17)23/h7-13H,4-6,14H2,1-3H3,(H,24,28). The summed E-state index contributed by atoms with van der Waals surface area (Å²) >= 11 is 4.99. The number of carbonyl (C=O) groups is 1. The third-order valence-corrected chi connectivity index (χ3v) is 6.40.